The average molecular weight is 382 g/mol. The Hall–Kier alpha value is -2.53. The second-order valence-corrected chi connectivity index (χ2v) is 7.44. The minimum Gasteiger partial charge on any atom is -0.459 e. The van der Waals surface area contributed by atoms with Crippen LogP contribution in [0.1, 0.15) is 43.5 Å². The van der Waals surface area contributed by atoms with Crippen molar-refractivity contribution in [3.63, 3.8) is 0 Å². The lowest BCUT2D eigenvalue weighted by Gasteiger charge is -2.16. The lowest BCUT2D eigenvalue weighted by atomic mass is 10.1. The Morgan fingerprint density at radius 2 is 1.93 bits per heavy atom. The van der Waals surface area contributed by atoms with Crippen molar-refractivity contribution in [3.8, 4) is 5.75 Å². The van der Waals surface area contributed by atoms with Gasteiger partial charge in [0.1, 0.15) is 11.5 Å². The molecule has 5 nitrogen and oxygen atoms in total. The van der Waals surface area contributed by atoms with E-state index in [1.807, 2.05) is 31.3 Å². The predicted octanol–water partition coefficient (Wildman–Crippen LogP) is 4.11. The number of carbonyl (C=O) groups excluding carboxylic acids is 1. The maximum Gasteiger partial charge on any atom is 0.251 e. The number of rotatable bonds is 7. The lowest BCUT2D eigenvalue weighted by molar-refractivity contribution is 0.0950. The minimum absolute atomic E-state index is 0.0481. The quantitative estimate of drug-likeness (QED) is 0.746. The summed E-state index contributed by atoms with van der Waals surface area (Å²) >= 11 is 0. The molecule has 28 heavy (non-hydrogen) atoms. The first kappa shape index (κ1) is 20.2. The van der Waals surface area contributed by atoms with Crippen LogP contribution in [-0.2, 0) is 0 Å². The third-order valence-corrected chi connectivity index (χ3v) is 5.42. The van der Waals surface area contributed by atoms with Crippen LogP contribution in [0.2, 0.25) is 0 Å². The van der Waals surface area contributed by atoms with Crippen LogP contribution in [-0.4, -0.2) is 44.0 Å². The minimum atomic E-state index is -0.0481. The first-order chi connectivity index (χ1) is 13.6. The summed E-state index contributed by atoms with van der Waals surface area (Å²) in [6, 6.07) is 5.53. The van der Waals surface area contributed by atoms with Crippen molar-refractivity contribution < 1.29 is 9.53 Å². The van der Waals surface area contributed by atoms with Gasteiger partial charge in [0, 0.05) is 32.1 Å². The fourth-order valence-electron chi connectivity index (χ4n) is 3.44. The number of nitrogens with one attached hydrogen (secondary N) is 2. The van der Waals surface area contributed by atoms with E-state index in [0.29, 0.717) is 12.1 Å². The standard InChI is InChI=1S/C23H31N3O2/c1-17-6-9-20(10-7-18(17)2)28-22-11-8-19(16-21(22)24-3)23(27)25-12-15-26-13-4-5-14-26/h6-9,11,16,24H,4-5,10,12-15H2,1-3H3,(H,25,27). The zero-order valence-corrected chi connectivity index (χ0v) is 17.2. The van der Waals surface area contributed by atoms with Gasteiger partial charge in [-0.1, -0.05) is 17.7 Å². The monoisotopic (exact) mass is 381 g/mol. The molecular formula is C23H31N3O2. The van der Waals surface area contributed by atoms with Gasteiger partial charge in [0.2, 0.25) is 0 Å². The van der Waals surface area contributed by atoms with Gasteiger partial charge in [-0.05, 0) is 69.6 Å². The molecular weight excluding hydrogens is 350 g/mol. The Kier molecular flexibility index (Phi) is 6.93. The van der Waals surface area contributed by atoms with E-state index >= 15 is 0 Å². The van der Waals surface area contributed by atoms with E-state index in [2.05, 4.69) is 41.5 Å². The topological polar surface area (TPSA) is 53.6 Å². The summed E-state index contributed by atoms with van der Waals surface area (Å²) in [4.78, 5) is 14.9. The number of carbonyl (C=O) groups is 1. The Morgan fingerprint density at radius 1 is 1.14 bits per heavy atom. The van der Waals surface area contributed by atoms with Gasteiger partial charge in [0.15, 0.2) is 0 Å². The Morgan fingerprint density at radius 3 is 2.68 bits per heavy atom. The van der Waals surface area contributed by atoms with Gasteiger partial charge in [-0.15, -0.1) is 0 Å². The van der Waals surface area contributed by atoms with Crippen LogP contribution in [0.25, 0.3) is 0 Å². The molecule has 0 saturated carbocycles. The Bertz CT molecular complexity index is 802. The van der Waals surface area contributed by atoms with E-state index in [0.717, 1.165) is 43.3 Å². The van der Waals surface area contributed by atoms with Crippen molar-refractivity contribution in [1.29, 1.82) is 0 Å². The second kappa shape index (κ2) is 9.60. The van der Waals surface area contributed by atoms with Crippen molar-refractivity contribution in [3.05, 3.63) is 58.9 Å². The summed E-state index contributed by atoms with van der Waals surface area (Å²) in [5, 5.41) is 6.16. The van der Waals surface area contributed by atoms with Crippen LogP contribution in [0.4, 0.5) is 5.69 Å². The van der Waals surface area contributed by atoms with E-state index in [4.69, 9.17) is 4.74 Å². The summed E-state index contributed by atoms with van der Waals surface area (Å²) < 4.78 is 6.11. The van der Waals surface area contributed by atoms with Crippen molar-refractivity contribution in [1.82, 2.24) is 10.2 Å². The van der Waals surface area contributed by atoms with Gasteiger partial charge in [0.25, 0.3) is 5.91 Å². The van der Waals surface area contributed by atoms with Crippen LogP contribution in [0, 0.1) is 0 Å². The maximum absolute atomic E-state index is 12.5. The molecule has 5 heteroatoms. The third-order valence-electron chi connectivity index (χ3n) is 5.42. The average Bonchev–Trinajstić information content (AvgIpc) is 3.17. The molecule has 2 N–H and O–H groups in total. The van der Waals surface area contributed by atoms with Crippen LogP contribution in [0.3, 0.4) is 0 Å². The molecule has 0 spiro atoms. The fraction of sp³-hybridized carbons (Fsp3) is 0.435. The van der Waals surface area contributed by atoms with Crippen molar-refractivity contribution in [2.24, 2.45) is 0 Å². The number of likely N-dealkylation sites (tertiary alicyclic amines) is 1. The van der Waals surface area contributed by atoms with E-state index in [9.17, 15) is 4.79 Å². The molecule has 3 rings (SSSR count). The second-order valence-electron chi connectivity index (χ2n) is 7.44. The summed E-state index contributed by atoms with van der Waals surface area (Å²) in [5.41, 5.74) is 3.95. The van der Waals surface area contributed by atoms with Gasteiger partial charge in [-0.25, -0.2) is 0 Å². The number of allylic oxidation sites excluding steroid dienone is 5. The van der Waals surface area contributed by atoms with E-state index in [1.54, 1.807) is 0 Å². The van der Waals surface area contributed by atoms with Crippen molar-refractivity contribution >= 4 is 11.6 Å². The number of hydrogen-bond donors (Lipinski definition) is 2. The maximum atomic E-state index is 12.5. The van der Waals surface area contributed by atoms with Crippen LogP contribution >= 0.6 is 0 Å². The highest BCUT2D eigenvalue weighted by atomic mass is 16.5. The molecule has 0 unspecified atom stereocenters. The molecule has 1 aromatic carbocycles. The van der Waals surface area contributed by atoms with Gasteiger partial charge in [-0.3, -0.25) is 4.79 Å². The summed E-state index contributed by atoms with van der Waals surface area (Å²) in [6.07, 6.45) is 9.55. The molecule has 0 atom stereocenters. The SMILES string of the molecule is CNc1cc(C(=O)NCCN2CCCC2)ccc1OC1=CC=C(C)C(C)=CC1. The summed E-state index contributed by atoms with van der Waals surface area (Å²) in [7, 11) is 1.84. The molecule has 1 aromatic rings. The molecule has 1 heterocycles. The summed E-state index contributed by atoms with van der Waals surface area (Å²) in [6.45, 7) is 8.09. The molecule has 1 saturated heterocycles. The first-order valence-electron chi connectivity index (χ1n) is 10.1. The molecule has 1 aliphatic heterocycles. The van der Waals surface area contributed by atoms with Gasteiger partial charge in [0.05, 0.1) is 5.69 Å². The zero-order valence-electron chi connectivity index (χ0n) is 17.2. The molecule has 1 aliphatic carbocycles. The molecule has 1 fully saturated rings. The zero-order chi connectivity index (χ0) is 19.9. The number of hydrogen-bond acceptors (Lipinski definition) is 4. The first-order valence-corrected chi connectivity index (χ1v) is 10.1. The van der Waals surface area contributed by atoms with Crippen LogP contribution < -0.4 is 15.4 Å². The number of anilines is 1. The van der Waals surface area contributed by atoms with Crippen molar-refractivity contribution in [2.45, 2.75) is 33.1 Å². The predicted molar refractivity (Wildman–Crippen MR) is 115 cm³/mol. The highest BCUT2D eigenvalue weighted by molar-refractivity contribution is 5.95. The van der Waals surface area contributed by atoms with Crippen molar-refractivity contribution in [2.75, 3.05) is 38.5 Å². The Labute approximate surface area is 168 Å². The van der Waals surface area contributed by atoms with Gasteiger partial charge < -0.3 is 20.3 Å². The van der Waals surface area contributed by atoms with E-state index in [1.165, 1.54) is 24.0 Å². The fourth-order valence-corrected chi connectivity index (χ4v) is 3.44. The number of nitrogens with zero attached hydrogens (tertiary/aromatic N) is 1. The van der Waals surface area contributed by atoms with E-state index in [-0.39, 0.29) is 5.91 Å². The highest BCUT2D eigenvalue weighted by Gasteiger charge is 2.14. The molecule has 150 valence electrons. The highest BCUT2D eigenvalue weighted by Crippen LogP contribution is 2.29. The molecule has 0 radical (unpaired) electrons. The molecule has 0 aromatic heterocycles. The Balaban J connectivity index is 1.62. The van der Waals surface area contributed by atoms with Gasteiger partial charge in [-0.2, -0.15) is 0 Å². The molecule has 1 amide bonds. The lowest BCUT2D eigenvalue weighted by Crippen LogP contribution is -2.33. The number of amides is 1. The van der Waals surface area contributed by atoms with Gasteiger partial charge >= 0.3 is 0 Å². The number of ether oxygens (including phenoxy) is 1. The summed E-state index contributed by atoms with van der Waals surface area (Å²) in [5.74, 6) is 1.56. The van der Waals surface area contributed by atoms with Crippen LogP contribution in [0.15, 0.2) is 53.3 Å². The molecule has 2 aliphatic rings. The van der Waals surface area contributed by atoms with Crippen LogP contribution in [0.5, 0.6) is 5.75 Å². The number of benzene rings is 1. The third kappa shape index (κ3) is 5.26. The smallest absolute Gasteiger partial charge is 0.251 e. The molecule has 0 bridgehead atoms. The largest absolute Gasteiger partial charge is 0.459 e. The normalized spacial score (nSPS) is 17.3. The van der Waals surface area contributed by atoms with E-state index < -0.39 is 0 Å².